The van der Waals surface area contributed by atoms with Crippen molar-refractivity contribution in [1.82, 2.24) is 0 Å². The van der Waals surface area contributed by atoms with Crippen LogP contribution in [0, 0.1) is 0 Å². The lowest BCUT2D eigenvalue weighted by Gasteiger charge is -2.20. The van der Waals surface area contributed by atoms with E-state index in [2.05, 4.69) is 33.0 Å². The quantitative estimate of drug-likeness (QED) is 0.411. The van der Waals surface area contributed by atoms with Gasteiger partial charge in [0.15, 0.2) is 8.24 Å². The summed E-state index contributed by atoms with van der Waals surface area (Å²) < 4.78 is 6.00. The van der Waals surface area contributed by atoms with Crippen LogP contribution in [0.3, 0.4) is 0 Å². The molecule has 0 aromatic heterocycles. The second kappa shape index (κ2) is 4.40. The van der Waals surface area contributed by atoms with Crippen molar-refractivity contribution in [2.75, 3.05) is 19.6 Å². The first-order chi connectivity index (χ1) is 5.19. The van der Waals surface area contributed by atoms with Crippen LogP contribution < -0.4 is 0 Å². The molecule has 1 nitrogen and oxygen atoms in total. The molecular weight excluding hydrogens is 221 g/mol. The number of nitrogens with zero attached hydrogens (tertiary/aromatic N) is 1. The van der Waals surface area contributed by atoms with Gasteiger partial charge in [-0.25, -0.2) is 0 Å². The zero-order valence-electron chi connectivity index (χ0n) is 8.71. The molecule has 0 radical (unpaired) electrons. The van der Waals surface area contributed by atoms with E-state index >= 15 is 0 Å². The van der Waals surface area contributed by atoms with E-state index in [0.717, 1.165) is 3.94 Å². The molecule has 0 saturated carbocycles. The Morgan fingerprint density at radius 1 is 1.33 bits per heavy atom. The van der Waals surface area contributed by atoms with Crippen molar-refractivity contribution in [2.24, 2.45) is 4.41 Å². The van der Waals surface area contributed by atoms with Crippen LogP contribution in [0.1, 0.15) is 0 Å². The molecule has 0 heterocycles. The largest absolute Gasteiger partial charge is 0.333 e. The molecule has 0 rings (SSSR count). The molecule has 0 aromatic rings. The summed E-state index contributed by atoms with van der Waals surface area (Å²) in [6.45, 7) is 11.2. The van der Waals surface area contributed by atoms with Crippen LogP contribution >= 0.6 is 31.0 Å². The summed E-state index contributed by atoms with van der Waals surface area (Å²) in [6, 6.07) is 0. The average Bonchev–Trinajstić information content (AvgIpc) is 1.80. The third-order valence-electron chi connectivity index (χ3n) is 1.17. The summed E-state index contributed by atoms with van der Waals surface area (Å²) >= 11 is 6.98. The summed E-state index contributed by atoms with van der Waals surface area (Å²) in [7, 11) is -2.57. The van der Waals surface area contributed by atoms with Gasteiger partial charge in [-0.05, 0) is 19.6 Å². The van der Waals surface area contributed by atoms with Crippen LogP contribution in [0.15, 0.2) is 4.41 Å². The smallest absolute Gasteiger partial charge is 0.170 e. The van der Waals surface area contributed by atoms with Gasteiger partial charge in [0.05, 0.1) is 3.94 Å². The highest BCUT2D eigenvalue weighted by molar-refractivity contribution is 8.36. The van der Waals surface area contributed by atoms with E-state index in [1.54, 1.807) is 11.8 Å². The van der Waals surface area contributed by atoms with Gasteiger partial charge in [-0.3, -0.25) is 0 Å². The van der Waals surface area contributed by atoms with Gasteiger partial charge >= 0.3 is 0 Å². The highest BCUT2D eigenvalue weighted by Crippen LogP contribution is 2.48. The molecule has 0 spiro atoms. The Bertz CT molecular complexity index is 226. The molecule has 0 fully saturated rings. The standard InChI is InChI=1S/C7H18NPS2Si/c1-9(2,7(10)11-3)8-12(4,5)6/h1-6H3. The van der Waals surface area contributed by atoms with Gasteiger partial charge in [0.1, 0.15) is 0 Å². The number of thiocarbonyl (C=S) groups is 1. The lowest BCUT2D eigenvalue weighted by Crippen LogP contribution is -2.16. The molecule has 12 heavy (non-hydrogen) atoms. The molecule has 72 valence electrons. The van der Waals surface area contributed by atoms with Crippen molar-refractivity contribution >= 4 is 43.2 Å². The Morgan fingerprint density at radius 3 is 2.00 bits per heavy atom. The molecule has 0 aromatic carbocycles. The molecule has 0 aliphatic heterocycles. The zero-order chi connectivity index (χ0) is 9.99. The fourth-order valence-electron chi connectivity index (χ4n) is 1.01. The minimum atomic E-state index is -1.30. The van der Waals surface area contributed by atoms with Crippen LogP contribution in [0.25, 0.3) is 0 Å². The fraction of sp³-hybridized carbons (Fsp3) is 0.857. The van der Waals surface area contributed by atoms with Gasteiger partial charge in [-0.15, -0.1) is 11.8 Å². The second-order valence-corrected chi connectivity index (χ2v) is 14.6. The molecule has 0 saturated heterocycles. The molecule has 0 amide bonds. The van der Waals surface area contributed by atoms with Crippen LogP contribution in [0.5, 0.6) is 0 Å². The summed E-state index contributed by atoms with van der Waals surface area (Å²) in [4.78, 5) is 0. The second-order valence-electron chi connectivity index (χ2n) is 4.14. The van der Waals surface area contributed by atoms with Crippen molar-refractivity contribution < 1.29 is 0 Å². The Labute approximate surface area is 86.9 Å². The monoisotopic (exact) mass is 239 g/mol. The normalized spacial score (nSPS) is 12.8. The summed E-state index contributed by atoms with van der Waals surface area (Å²) in [5.41, 5.74) is 0. The first kappa shape index (κ1) is 12.9. The first-order valence-corrected chi connectivity index (χ1v) is 11.6. The Morgan fingerprint density at radius 2 is 1.75 bits per heavy atom. The Kier molecular flexibility index (Phi) is 4.73. The van der Waals surface area contributed by atoms with E-state index < -0.39 is 15.3 Å². The van der Waals surface area contributed by atoms with E-state index in [4.69, 9.17) is 16.6 Å². The molecule has 0 atom stereocenters. The van der Waals surface area contributed by atoms with E-state index in [1.165, 1.54) is 0 Å². The summed E-state index contributed by atoms with van der Waals surface area (Å²) in [5, 5.41) is 0. The summed E-state index contributed by atoms with van der Waals surface area (Å²) in [6.07, 6.45) is 2.05. The van der Waals surface area contributed by atoms with Gasteiger partial charge < -0.3 is 4.41 Å². The molecule has 0 aliphatic rings. The maximum absolute atomic E-state index is 5.30. The predicted octanol–water partition coefficient (Wildman–Crippen LogP) is 3.93. The topological polar surface area (TPSA) is 12.4 Å². The third kappa shape index (κ3) is 4.80. The van der Waals surface area contributed by atoms with Gasteiger partial charge in [0, 0.05) is 7.05 Å². The third-order valence-corrected chi connectivity index (χ3v) is 10.5. The van der Waals surface area contributed by atoms with E-state index in [9.17, 15) is 0 Å². The maximum Gasteiger partial charge on any atom is 0.170 e. The predicted molar refractivity (Wildman–Crippen MR) is 70.7 cm³/mol. The SMILES string of the molecule is CSC(=S)P(C)(C)=N[Si](C)(C)C. The highest BCUT2D eigenvalue weighted by atomic mass is 32.2. The molecule has 0 N–H and O–H groups in total. The summed E-state index contributed by atoms with van der Waals surface area (Å²) in [5.74, 6) is 0. The molecular formula is C7H18NPS2Si. The number of hydrogen-bond acceptors (Lipinski definition) is 3. The van der Waals surface area contributed by atoms with Gasteiger partial charge in [-0.2, -0.15) is 0 Å². The molecule has 5 heteroatoms. The molecule has 0 aliphatic carbocycles. The minimum absolute atomic E-state index is 1.10. The number of thioether (sulfide) groups is 1. The molecule has 0 bridgehead atoms. The van der Waals surface area contributed by atoms with Crippen LogP contribution in [0.2, 0.25) is 19.6 Å². The molecule has 0 unspecified atom stereocenters. The van der Waals surface area contributed by atoms with Crippen LogP contribution in [-0.4, -0.2) is 31.8 Å². The van der Waals surface area contributed by atoms with Gasteiger partial charge in [0.25, 0.3) is 0 Å². The van der Waals surface area contributed by atoms with E-state index in [1.807, 2.05) is 6.26 Å². The van der Waals surface area contributed by atoms with Crippen molar-refractivity contribution in [3.05, 3.63) is 0 Å². The van der Waals surface area contributed by atoms with Crippen molar-refractivity contribution in [2.45, 2.75) is 19.6 Å². The number of rotatable bonds is 2. The van der Waals surface area contributed by atoms with E-state index in [0.29, 0.717) is 0 Å². The van der Waals surface area contributed by atoms with Gasteiger partial charge in [0.2, 0.25) is 0 Å². The fourth-order valence-corrected chi connectivity index (χ4v) is 9.86. The van der Waals surface area contributed by atoms with Crippen molar-refractivity contribution in [3.63, 3.8) is 0 Å². The number of hydrogen-bond donors (Lipinski definition) is 0. The maximum atomic E-state index is 5.30. The van der Waals surface area contributed by atoms with Crippen molar-refractivity contribution in [1.29, 1.82) is 0 Å². The lowest BCUT2D eigenvalue weighted by atomic mass is 11.8. The highest BCUT2D eigenvalue weighted by Gasteiger charge is 2.18. The van der Waals surface area contributed by atoms with Crippen LogP contribution in [0.4, 0.5) is 0 Å². The average molecular weight is 239 g/mol. The van der Waals surface area contributed by atoms with E-state index in [-0.39, 0.29) is 0 Å². The first-order valence-electron chi connectivity index (χ1n) is 3.86. The Hall–Kier alpha value is 0.887. The van der Waals surface area contributed by atoms with Crippen molar-refractivity contribution in [3.8, 4) is 0 Å². The zero-order valence-corrected chi connectivity index (χ0v) is 12.2. The van der Waals surface area contributed by atoms with Crippen LogP contribution in [-0.2, 0) is 0 Å². The lowest BCUT2D eigenvalue weighted by molar-refractivity contribution is 1.59. The van der Waals surface area contributed by atoms with Gasteiger partial charge in [-0.1, -0.05) is 31.9 Å². The minimum Gasteiger partial charge on any atom is -0.333 e. The Balaban J connectivity index is 4.84.